The van der Waals surface area contributed by atoms with Crippen LogP contribution in [-0.2, 0) is 4.74 Å². The molecule has 0 spiro atoms. The molecule has 102 valence electrons. The summed E-state index contributed by atoms with van der Waals surface area (Å²) in [6, 6.07) is 4.53. The van der Waals surface area contributed by atoms with Crippen LogP contribution in [-0.4, -0.2) is 17.6 Å². The van der Waals surface area contributed by atoms with Gasteiger partial charge in [0, 0.05) is 4.88 Å². The Labute approximate surface area is 115 Å². The van der Waals surface area contributed by atoms with Crippen LogP contribution in [0.3, 0.4) is 0 Å². The lowest BCUT2D eigenvalue weighted by Crippen LogP contribution is -2.09. The Bertz CT molecular complexity index is 522. The van der Waals surface area contributed by atoms with Gasteiger partial charge in [0.25, 0.3) is 6.01 Å². The van der Waals surface area contributed by atoms with E-state index in [-0.39, 0.29) is 11.7 Å². The summed E-state index contributed by atoms with van der Waals surface area (Å²) in [6.07, 6.45) is 2.21. The number of aromatic nitrogens is 1. The monoisotopic (exact) mass is 280 g/mol. The second-order valence-electron chi connectivity index (χ2n) is 3.88. The molecule has 2 heterocycles. The summed E-state index contributed by atoms with van der Waals surface area (Å²) >= 11 is 1.67. The Morgan fingerprint density at radius 3 is 3.05 bits per heavy atom. The molecule has 0 saturated carbocycles. The van der Waals surface area contributed by atoms with Crippen LogP contribution in [0.5, 0.6) is 0 Å². The van der Waals surface area contributed by atoms with Crippen LogP contribution in [0.15, 0.2) is 28.2 Å². The number of ether oxygens (including phenoxy) is 1. The molecule has 6 heteroatoms. The maximum Gasteiger partial charge on any atom is 0.360 e. The van der Waals surface area contributed by atoms with E-state index in [1.165, 1.54) is 11.1 Å². The molecule has 1 atom stereocenters. The quantitative estimate of drug-likeness (QED) is 0.821. The summed E-state index contributed by atoms with van der Waals surface area (Å²) in [5.74, 6) is -0.469. The van der Waals surface area contributed by atoms with Crippen LogP contribution >= 0.6 is 11.3 Å². The van der Waals surface area contributed by atoms with Crippen molar-refractivity contribution in [2.75, 3.05) is 11.9 Å². The maximum atomic E-state index is 11.5. The van der Waals surface area contributed by atoms with Crippen LogP contribution in [0, 0.1) is 0 Å². The van der Waals surface area contributed by atoms with Gasteiger partial charge in [0.2, 0.25) is 0 Å². The Morgan fingerprint density at radius 2 is 2.42 bits per heavy atom. The molecule has 0 saturated heterocycles. The number of carbonyl (C=O) groups is 1. The summed E-state index contributed by atoms with van der Waals surface area (Å²) in [5.41, 5.74) is 0.186. The number of rotatable bonds is 6. The fraction of sp³-hybridized carbons (Fsp3) is 0.385. The zero-order chi connectivity index (χ0) is 13.7. The average molecular weight is 280 g/mol. The molecule has 5 nitrogen and oxygen atoms in total. The normalized spacial score (nSPS) is 12.1. The third-order valence-electron chi connectivity index (χ3n) is 2.58. The van der Waals surface area contributed by atoms with Crippen molar-refractivity contribution in [1.29, 1.82) is 0 Å². The lowest BCUT2D eigenvalue weighted by Gasteiger charge is -2.13. The topological polar surface area (TPSA) is 64.4 Å². The Kier molecular flexibility index (Phi) is 4.57. The number of hydrogen-bond donors (Lipinski definition) is 1. The van der Waals surface area contributed by atoms with Crippen molar-refractivity contribution in [3.8, 4) is 0 Å². The molecule has 0 aliphatic rings. The smallest absolute Gasteiger partial charge is 0.360 e. The van der Waals surface area contributed by atoms with Crippen molar-refractivity contribution in [3.63, 3.8) is 0 Å². The SMILES string of the molecule is CCOC(=O)c1coc(NC(CC)c2cccs2)n1. The Balaban J connectivity index is 2.04. The van der Waals surface area contributed by atoms with Crippen LogP contribution in [0.2, 0.25) is 0 Å². The molecule has 1 unspecified atom stereocenters. The lowest BCUT2D eigenvalue weighted by molar-refractivity contribution is 0.0519. The lowest BCUT2D eigenvalue weighted by atomic mass is 10.2. The van der Waals surface area contributed by atoms with Crippen LogP contribution in [0.25, 0.3) is 0 Å². The summed E-state index contributed by atoms with van der Waals surface area (Å²) < 4.78 is 10.1. The number of oxazole rings is 1. The van der Waals surface area contributed by atoms with E-state index in [0.717, 1.165) is 6.42 Å². The minimum absolute atomic E-state index is 0.133. The number of anilines is 1. The molecule has 2 aromatic heterocycles. The molecule has 19 heavy (non-hydrogen) atoms. The van der Waals surface area contributed by atoms with Gasteiger partial charge in [-0.05, 0) is 24.8 Å². The van der Waals surface area contributed by atoms with Crippen molar-refractivity contribution < 1.29 is 13.9 Å². The largest absolute Gasteiger partial charge is 0.461 e. The molecule has 2 rings (SSSR count). The van der Waals surface area contributed by atoms with Crippen molar-refractivity contribution >= 4 is 23.3 Å². The van der Waals surface area contributed by atoms with Gasteiger partial charge in [-0.3, -0.25) is 0 Å². The Hall–Kier alpha value is -1.82. The highest BCUT2D eigenvalue weighted by Crippen LogP contribution is 2.25. The van der Waals surface area contributed by atoms with Gasteiger partial charge >= 0.3 is 5.97 Å². The molecule has 1 N–H and O–H groups in total. The van der Waals surface area contributed by atoms with Gasteiger partial charge in [-0.15, -0.1) is 11.3 Å². The Morgan fingerprint density at radius 1 is 1.58 bits per heavy atom. The molecular weight excluding hydrogens is 264 g/mol. The predicted octanol–water partition coefficient (Wildman–Crippen LogP) is 3.48. The second kappa shape index (κ2) is 6.38. The highest BCUT2D eigenvalue weighted by Gasteiger charge is 2.16. The molecule has 0 fully saturated rings. The highest BCUT2D eigenvalue weighted by molar-refractivity contribution is 7.10. The van der Waals surface area contributed by atoms with Crippen molar-refractivity contribution in [1.82, 2.24) is 4.98 Å². The molecule has 2 aromatic rings. The van der Waals surface area contributed by atoms with Crippen LogP contribution < -0.4 is 5.32 Å². The first-order valence-corrected chi connectivity index (χ1v) is 7.05. The van der Waals surface area contributed by atoms with E-state index in [4.69, 9.17) is 9.15 Å². The molecule has 0 amide bonds. The van der Waals surface area contributed by atoms with E-state index in [9.17, 15) is 4.79 Å². The van der Waals surface area contributed by atoms with Gasteiger partial charge in [0.05, 0.1) is 12.6 Å². The van der Waals surface area contributed by atoms with Gasteiger partial charge in [0.15, 0.2) is 5.69 Å². The number of hydrogen-bond acceptors (Lipinski definition) is 6. The summed E-state index contributed by atoms with van der Waals surface area (Å²) in [7, 11) is 0. The van der Waals surface area contributed by atoms with E-state index in [1.54, 1.807) is 18.3 Å². The van der Waals surface area contributed by atoms with Gasteiger partial charge < -0.3 is 14.5 Å². The fourth-order valence-corrected chi connectivity index (χ4v) is 2.51. The van der Waals surface area contributed by atoms with Gasteiger partial charge in [-0.2, -0.15) is 4.98 Å². The fourth-order valence-electron chi connectivity index (χ4n) is 1.65. The van der Waals surface area contributed by atoms with Gasteiger partial charge in [-0.1, -0.05) is 13.0 Å². The number of thiophene rings is 1. The molecular formula is C13H16N2O3S. The molecule has 0 bridgehead atoms. The van der Waals surface area contributed by atoms with E-state index in [1.807, 2.05) is 11.4 Å². The molecule has 0 aliphatic heterocycles. The first-order chi connectivity index (χ1) is 9.24. The molecule has 0 radical (unpaired) electrons. The van der Waals surface area contributed by atoms with E-state index < -0.39 is 5.97 Å². The van der Waals surface area contributed by atoms with E-state index in [2.05, 4.69) is 23.3 Å². The third-order valence-corrected chi connectivity index (χ3v) is 3.57. The molecule has 0 aromatic carbocycles. The predicted molar refractivity (Wildman–Crippen MR) is 73.4 cm³/mol. The zero-order valence-electron chi connectivity index (χ0n) is 10.9. The van der Waals surface area contributed by atoms with Crippen LogP contribution in [0.4, 0.5) is 6.01 Å². The second-order valence-corrected chi connectivity index (χ2v) is 4.86. The number of nitrogens with one attached hydrogen (secondary N) is 1. The van der Waals surface area contributed by atoms with E-state index >= 15 is 0 Å². The maximum absolute atomic E-state index is 11.5. The van der Waals surface area contributed by atoms with Gasteiger partial charge in [-0.25, -0.2) is 4.79 Å². The minimum Gasteiger partial charge on any atom is -0.461 e. The first kappa shape index (κ1) is 13.6. The van der Waals surface area contributed by atoms with Gasteiger partial charge in [0.1, 0.15) is 6.26 Å². The summed E-state index contributed by atoms with van der Waals surface area (Å²) in [5, 5.41) is 5.20. The number of esters is 1. The summed E-state index contributed by atoms with van der Waals surface area (Å²) in [6.45, 7) is 4.15. The minimum atomic E-state index is -0.469. The third kappa shape index (κ3) is 3.35. The van der Waals surface area contributed by atoms with Crippen molar-refractivity contribution in [3.05, 3.63) is 34.3 Å². The standard InChI is InChI=1S/C13H16N2O3S/c1-3-9(11-6-5-7-19-11)14-13-15-10(8-18-13)12(16)17-4-2/h5-9H,3-4H2,1-2H3,(H,14,15). The molecule has 0 aliphatic carbocycles. The van der Waals surface area contributed by atoms with Crippen molar-refractivity contribution in [2.45, 2.75) is 26.3 Å². The highest BCUT2D eigenvalue weighted by atomic mass is 32.1. The van der Waals surface area contributed by atoms with Crippen molar-refractivity contribution in [2.24, 2.45) is 0 Å². The van der Waals surface area contributed by atoms with Crippen LogP contribution in [0.1, 0.15) is 41.7 Å². The average Bonchev–Trinajstić information content (AvgIpc) is 3.07. The number of carbonyl (C=O) groups excluding carboxylic acids is 1. The number of nitrogens with zero attached hydrogens (tertiary/aromatic N) is 1. The van der Waals surface area contributed by atoms with E-state index in [0.29, 0.717) is 12.6 Å². The first-order valence-electron chi connectivity index (χ1n) is 6.17. The summed E-state index contributed by atoms with van der Waals surface area (Å²) in [4.78, 5) is 16.8. The zero-order valence-corrected chi connectivity index (χ0v) is 11.7.